The standard InChI is InChI=1S/C15H25NO2/c1-12-3-2-4-13(9-12)7-8-16-10-14-5-6-15(11-17)18-14/h5-6,12-13,16-17H,2-4,7-11H2,1H3. The van der Waals surface area contributed by atoms with Gasteiger partial charge < -0.3 is 14.8 Å². The van der Waals surface area contributed by atoms with Gasteiger partial charge in [-0.1, -0.05) is 26.2 Å². The highest BCUT2D eigenvalue weighted by atomic mass is 16.4. The maximum Gasteiger partial charge on any atom is 0.129 e. The number of aliphatic hydroxyl groups is 1. The SMILES string of the molecule is CC1CCCC(CCNCc2ccc(CO)o2)C1. The normalized spacial score (nSPS) is 24.3. The number of nitrogens with one attached hydrogen (secondary N) is 1. The van der Waals surface area contributed by atoms with Gasteiger partial charge in [-0.3, -0.25) is 0 Å². The van der Waals surface area contributed by atoms with Crippen LogP contribution in [-0.2, 0) is 13.2 Å². The molecule has 3 nitrogen and oxygen atoms in total. The van der Waals surface area contributed by atoms with Crippen LogP contribution in [0.2, 0.25) is 0 Å². The third-order valence-corrected chi connectivity index (χ3v) is 3.95. The molecule has 1 aromatic rings. The molecule has 0 spiro atoms. The van der Waals surface area contributed by atoms with Crippen molar-refractivity contribution >= 4 is 0 Å². The van der Waals surface area contributed by atoms with Crippen LogP contribution >= 0.6 is 0 Å². The zero-order chi connectivity index (χ0) is 12.8. The maximum atomic E-state index is 8.90. The molecule has 0 bridgehead atoms. The van der Waals surface area contributed by atoms with E-state index in [1.54, 1.807) is 0 Å². The van der Waals surface area contributed by atoms with Gasteiger partial charge in [0.25, 0.3) is 0 Å². The van der Waals surface area contributed by atoms with Crippen LogP contribution in [0, 0.1) is 11.8 Å². The molecule has 1 heterocycles. The highest BCUT2D eigenvalue weighted by Gasteiger charge is 2.18. The summed E-state index contributed by atoms with van der Waals surface area (Å²) in [5, 5.41) is 12.3. The fourth-order valence-electron chi connectivity index (χ4n) is 2.94. The average Bonchev–Trinajstić information content (AvgIpc) is 2.83. The molecule has 1 aliphatic rings. The molecule has 2 atom stereocenters. The van der Waals surface area contributed by atoms with Gasteiger partial charge in [-0.05, 0) is 43.4 Å². The highest BCUT2D eigenvalue weighted by molar-refractivity contribution is 5.05. The molecule has 2 rings (SSSR count). The quantitative estimate of drug-likeness (QED) is 0.764. The molecular weight excluding hydrogens is 226 g/mol. The molecule has 0 aliphatic heterocycles. The third-order valence-electron chi connectivity index (χ3n) is 3.95. The summed E-state index contributed by atoms with van der Waals surface area (Å²) in [7, 11) is 0. The highest BCUT2D eigenvalue weighted by Crippen LogP contribution is 2.30. The second-order valence-corrected chi connectivity index (χ2v) is 5.63. The van der Waals surface area contributed by atoms with Gasteiger partial charge in [0, 0.05) is 0 Å². The Kier molecular flexibility index (Phi) is 5.26. The minimum absolute atomic E-state index is 0.0139. The zero-order valence-electron chi connectivity index (χ0n) is 11.3. The first kappa shape index (κ1) is 13.6. The Balaban J connectivity index is 1.60. The van der Waals surface area contributed by atoms with E-state index >= 15 is 0 Å². The summed E-state index contributed by atoms with van der Waals surface area (Å²) >= 11 is 0. The van der Waals surface area contributed by atoms with Crippen LogP contribution in [0.4, 0.5) is 0 Å². The maximum absolute atomic E-state index is 8.90. The van der Waals surface area contributed by atoms with E-state index in [-0.39, 0.29) is 6.61 Å². The fourth-order valence-corrected chi connectivity index (χ4v) is 2.94. The first-order valence-corrected chi connectivity index (χ1v) is 7.17. The van der Waals surface area contributed by atoms with E-state index < -0.39 is 0 Å². The van der Waals surface area contributed by atoms with Crippen LogP contribution in [0.5, 0.6) is 0 Å². The summed E-state index contributed by atoms with van der Waals surface area (Å²) in [4.78, 5) is 0. The van der Waals surface area contributed by atoms with Gasteiger partial charge in [0.05, 0.1) is 6.54 Å². The first-order chi connectivity index (χ1) is 8.78. The van der Waals surface area contributed by atoms with E-state index in [2.05, 4.69) is 12.2 Å². The number of furan rings is 1. The van der Waals surface area contributed by atoms with Crippen molar-refractivity contribution in [1.29, 1.82) is 0 Å². The van der Waals surface area contributed by atoms with Crippen LogP contribution < -0.4 is 5.32 Å². The van der Waals surface area contributed by atoms with E-state index in [4.69, 9.17) is 9.52 Å². The van der Waals surface area contributed by atoms with Crippen molar-refractivity contribution < 1.29 is 9.52 Å². The lowest BCUT2D eigenvalue weighted by molar-refractivity contribution is 0.242. The van der Waals surface area contributed by atoms with Crippen molar-refractivity contribution in [3.8, 4) is 0 Å². The molecule has 0 aromatic carbocycles. The van der Waals surface area contributed by atoms with Crippen molar-refractivity contribution in [1.82, 2.24) is 5.32 Å². The van der Waals surface area contributed by atoms with E-state index in [9.17, 15) is 0 Å². The Morgan fingerprint density at radius 2 is 2.17 bits per heavy atom. The monoisotopic (exact) mass is 251 g/mol. The molecule has 102 valence electrons. The summed E-state index contributed by atoms with van der Waals surface area (Å²) < 4.78 is 5.43. The summed E-state index contributed by atoms with van der Waals surface area (Å²) in [6.07, 6.45) is 6.90. The lowest BCUT2D eigenvalue weighted by atomic mass is 9.81. The van der Waals surface area contributed by atoms with Gasteiger partial charge in [-0.15, -0.1) is 0 Å². The molecule has 2 unspecified atom stereocenters. The Morgan fingerprint density at radius 1 is 1.33 bits per heavy atom. The number of hydrogen-bond acceptors (Lipinski definition) is 3. The molecule has 2 N–H and O–H groups in total. The number of rotatable bonds is 6. The first-order valence-electron chi connectivity index (χ1n) is 7.17. The van der Waals surface area contributed by atoms with Crippen molar-refractivity contribution in [2.75, 3.05) is 6.54 Å². The molecule has 0 saturated heterocycles. The van der Waals surface area contributed by atoms with Gasteiger partial charge in [-0.2, -0.15) is 0 Å². The summed E-state index contributed by atoms with van der Waals surface area (Å²) in [6.45, 7) is 4.19. The third kappa shape index (κ3) is 4.14. The van der Waals surface area contributed by atoms with E-state index in [1.165, 1.54) is 32.1 Å². The van der Waals surface area contributed by atoms with Crippen LogP contribution in [-0.4, -0.2) is 11.7 Å². The Hall–Kier alpha value is -0.800. The van der Waals surface area contributed by atoms with Crippen LogP contribution in [0.15, 0.2) is 16.5 Å². The molecule has 0 amide bonds. The minimum Gasteiger partial charge on any atom is -0.462 e. The minimum atomic E-state index is -0.0139. The van der Waals surface area contributed by atoms with Gasteiger partial charge in [0.15, 0.2) is 0 Å². The molecule has 0 radical (unpaired) electrons. The predicted molar refractivity (Wildman–Crippen MR) is 72.1 cm³/mol. The van der Waals surface area contributed by atoms with Crippen LogP contribution in [0.3, 0.4) is 0 Å². The van der Waals surface area contributed by atoms with Crippen molar-refractivity contribution in [3.05, 3.63) is 23.7 Å². The summed E-state index contributed by atoms with van der Waals surface area (Å²) in [5.41, 5.74) is 0. The fraction of sp³-hybridized carbons (Fsp3) is 0.733. The zero-order valence-corrected chi connectivity index (χ0v) is 11.3. The van der Waals surface area contributed by atoms with E-state index in [0.29, 0.717) is 5.76 Å². The second-order valence-electron chi connectivity index (χ2n) is 5.63. The lowest BCUT2D eigenvalue weighted by Gasteiger charge is -2.26. The molecular formula is C15H25NO2. The van der Waals surface area contributed by atoms with Gasteiger partial charge in [0.1, 0.15) is 18.1 Å². The molecule has 1 saturated carbocycles. The molecule has 3 heteroatoms. The molecule has 1 fully saturated rings. The summed E-state index contributed by atoms with van der Waals surface area (Å²) in [6, 6.07) is 3.76. The smallest absolute Gasteiger partial charge is 0.129 e. The van der Waals surface area contributed by atoms with Crippen molar-refractivity contribution in [3.63, 3.8) is 0 Å². The summed E-state index contributed by atoms with van der Waals surface area (Å²) in [5.74, 6) is 3.38. The van der Waals surface area contributed by atoms with Crippen molar-refractivity contribution in [2.24, 2.45) is 11.8 Å². The van der Waals surface area contributed by atoms with Crippen LogP contribution in [0.25, 0.3) is 0 Å². The Labute approximate surface area is 110 Å². The predicted octanol–water partition coefficient (Wildman–Crippen LogP) is 3.08. The molecule has 18 heavy (non-hydrogen) atoms. The van der Waals surface area contributed by atoms with Gasteiger partial charge in [-0.25, -0.2) is 0 Å². The van der Waals surface area contributed by atoms with Gasteiger partial charge in [0.2, 0.25) is 0 Å². The Bertz CT molecular complexity index is 348. The topological polar surface area (TPSA) is 45.4 Å². The van der Waals surface area contributed by atoms with E-state index in [1.807, 2.05) is 12.1 Å². The molecule has 1 aromatic heterocycles. The number of hydrogen-bond donors (Lipinski definition) is 2. The van der Waals surface area contributed by atoms with Gasteiger partial charge >= 0.3 is 0 Å². The second kappa shape index (κ2) is 6.95. The number of aliphatic hydroxyl groups excluding tert-OH is 1. The van der Waals surface area contributed by atoms with Crippen molar-refractivity contribution in [2.45, 2.75) is 52.2 Å². The lowest BCUT2D eigenvalue weighted by Crippen LogP contribution is -2.20. The van der Waals surface area contributed by atoms with E-state index in [0.717, 1.165) is 30.7 Å². The largest absolute Gasteiger partial charge is 0.462 e. The van der Waals surface area contributed by atoms with Crippen LogP contribution in [0.1, 0.15) is 50.5 Å². The Morgan fingerprint density at radius 3 is 2.89 bits per heavy atom. The molecule has 1 aliphatic carbocycles. The average molecular weight is 251 g/mol.